The van der Waals surface area contributed by atoms with Crippen LogP contribution < -0.4 is 20.1 Å². The van der Waals surface area contributed by atoms with Crippen molar-refractivity contribution < 1.29 is 14.3 Å². The van der Waals surface area contributed by atoms with Gasteiger partial charge in [0.1, 0.15) is 11.5 Å². The summed E-state index contributed by atoms with van der Waals surface area (Å²) >= 11 is 0. The Labute approximate surface area is 178 Å². The summed E-state index contributed by atoms with van der Waals surface area (Å²) in [5.74, 6) is 1.40. The van der Waals surface area contributed by atoms with E-state index < -0.39 is 0 Å². The first-order valence-electron chi connectivity index (χ1n) is 10.3. The van der Waals surface area contributed by atoms with Crippen LogP contribution in [0.1, 0.15) is 18.9 Å². The molecule has 156 valence electrons. The second-order valence-corrected chi connectivity index (χ2v) is 6.83. The highest BCUT2D eigenvalue weighted by Gasteiger charge is 2.04. The lowest BCUT2D eigenvalue weighted by atomic mass is 10.1. The third-order valence-corrected chi connectivity index (χ3v) is 4.44. The zero-order valence-corrected chi connectivity index (χ0v) is 17.3. The molecule has 0 aliphatic heterocycles. The molecule has 2 N–H and O–H groups in total. The first-order chi connectivity index (χ1) is 14.7. The topological polar surface area (TPSA) is 59.6 Å². The van der Waals surface area contributed by atoms with Crippen molar-refractivity contribution in [2.45, 2.75) is 19.8 Å². The van der Waals surface area contributed by atoms with Gasteiger partial charge in [-0.3, -0.25) is 4.79 Å². The molecule has 3 rings (SSSR count). The fourth-order valence-corrected chi connectivity index (χ4v) is 3.02. The molecule has 0 saturated carbocycles. The standard InChI is InChI=1S/C25H28N2O3/c1-2-29-23-14-7-13-22(18-23)27-25(28)19-26-21-12-6-15-24(17-21)30-16-8-11-20-9-4-3-5-10-20/h3-7,9-10,12-15,17-18,26H,2,8,11,16,19H2,1H3,(H,27,28). The number of rotatable bonds is 11. The SMILES string of the molecule is CCOc1cccc(NC(=O)CNc2cccc(OCCCc3ccccc3)c2)c1. The summed E-state index contributed by atoms with van der Waals surface area (Å²) in [6, 6.07) is 25.4. The minimum Gasteiger partial charge on any atom is -0.494 e. The summed E-state index contributed by atoms with van der Waals surface area (Å²) < 4.78 is 11.3. The first-order valence-corrected chi connectivity index (χ1v) is 10.3. The zero-order valence-electron chi connectivity index (χ0n) is 17.3. The van der Waals surface area contributed by atoms with Crippen LogP contribution in [-0.2, 0) is 11.2 Å². The molecule has 0 aliphatic carbocycles. The quantitative estimate of drug-likeness (QED) is 0.434. The highest BCUT2D eigenvalue weighted by molar-refractivity contribution is 5.93. The van der Waals surface area contributed by atoms with Crippen molar-refractivity contribution >= 4 is 17.3 Å². The number of ether oxygens (including phenoxy) is 2. The average Bonchev–Trinajstić information content (AvgIpc) is 2.77. The van der Waals surface area contributed by atoms with E-state index >= 15 is 0 Å². The normalized spacial score (nSPS) is 10.3. The van der Waals surface area contributed by atoms with Gasteiger partial charge in [-0.2, -0.15) is 0 Å². The molecule has 0 saturated heterocycles. The van der Waals surface area contributed by atoms with Gasteiger partial charge in [0.2, 0.25) is 5.91 Å². The maximum Gasteiger partial charge on any atom is 0.243 e. The molecule has 5 nitrogen and oxygen atoms in total. The number of aryl methyl sites for hydroxylation is 1. The zero-order chi connectivity index (χ0) is 21.0. The molecule has 1 amide bonds. The number of carbonyl (C=O) groups is 1. The molecular weight excluding hydrogens is 376 g/mol. The number of hydrogen-bond donors (Lipinski definition) is 2. The highest BCUT2D eigenvalue weighted by Crippen LogP contribution is 2.19. The second kappa shape index (κ2) is 11.5. The van der Waals surface area contributed by atoms with Gasteiger partial charge >= 0.3 is 0 Å². The van der Waals surface area contributed by atoms with E-state index in [4.69, 9.17) is 9.47 Å². The van der Waals surface area contributed by atoms with Crippen LogP contribution in [0.3, 0.4) is 0 Å². The Hall–Kier alpha value is -3.47. The second-order valence-electron chi connectivity index (χ2n) is 6.83. The van der Waals surface area contributed by atoms with E-state index in [1.165, 1.54) is 5.56 Å². The Balaban J connectivity index is 1.42. The Morgan fingerprint density at radius 3 is 2.30 bits per heavy atom. The Bertz CT molecular complexity index is 928. The molecule has 0 bridgehead atoms. The van der Waals surface area contributed by atoms with Crippen LogP contribution in [0.4, 0.5) is 11.4 Å². The van der Waals surface area contributed by atoms with Crippen molar-refractivity contribution in [1.29, 1.82) is 0 Å². The number of amides is 1. The fourth-order valence-electron chi connectivity index (χ4n) is 3.02. The number of carbonyl (C=O) groups excluding carboxylic acids is 1. The van der Waals surface area contributed by atoms with E-state index in [1.807, 2.05) is 61.5 Å². The minimum absolute atomic E-state index is 0.127. The number of hydrogen-bond acceptors (Lipinski definition) is 4. The lowest BCUT2D eigenvalue weighted by molar-refractivity contribution is -0.114. The Kier molecular flexibility index (Phi) is 8.15. The molecule has 0 aliphatic rings. The summed E-state index contributed by atoms with van der Waals surface area (Å²) in [7, 11) is 0. The molecule has 0 unspecified atom stereocenters. The van der Waals surface area contributed by atoms with Gasteiger partial charge in [0.05, 0.1) is 19.8 Å². The van der Waals surface area contributed by atoms with Gasteiger partial charge in [0.15, 0.2) is 0 Å². The van der Waals surface area contributed by atoms with Gasteiger partial charge in [-0.25, -0.2) is 0 Å². The summed E-state index contributed by atoms with van der Waals surface area (Å²) in [4.78, 5) is 12.2. The molecule has 5 heteroatoms. The Morgan fingerprint density at radius 2 is 1.53 bits per heavy atom. The van der Waals surface area contributed by atoms with Crippen molar-refractivity contribution in [3.05, 3.63) is 84.4 Å². The van der Waals surface area contributed by atoms with Gasteiger partial charge in [0.25, 0.3) is 0 Å². The van der Waals surface area contributed by atoms with Crippen molar-refractivity contribution in [2.75, 3.05) is 30.4 Å². The molecule has 0 heterocycles. The van der Waals surface area contributed by atoms with Crippen LogP contribution in [0.2, 0.25) is 0 Å². The van der Waals surface area contributed by atoms with Crippen LogP contribution in [-0.4, -0.2) is 25.7 Å². The highest BCUT2D eigenvalue weighted by atomic mass is 16.5. The van der Waals surface area contributed by atoms with Gasteiger partial charge in [-0.15, -0.1) is 0 Å². The number of benzene rings is 3. The fraction of sp³-hybridized carbons (Fsp3) is 0.240. The molecule has 0 fully saturated rings. The van der Waals surface area contributed by atoms with Gasteiger partial charge in [-0.05, 0) is 49.6 Å². The van der Waals surface area contributed by atoms with E-state index in [0.717, 1.165) is 30.0 Å². The lowest BCUT2D eigenvalue weighted by Crippen LogP contribution is -2.21. The third kappa shape index (κ3) is 7.17. The number of anilines is 2. The number of nitrogens with one attached hydrogen (secondary N) is 2. The van der Waals surface area contributed by atoms with Crippen LogP contribution in [0.5, 0.6) is 11.5 Å². The van der Waals surface area contributed by atoms with Crippen LogP contribution >= 0.6 is 0 Å². The maximum absolute atomic E-state index is 12.2. The Morgan fingerprint density at radius 1 is 0.833 bits per heavy atom. The van der Waals surface area contributed by atoms with Crippen molar-refractivity contribution in [3.63, 3.8) is 0 Å². The van der Waals surface area contributed by atoms with E-state index in [-0.39, 0.29) is 12.5 Å². The van der Waals surface area contributed by atoms with E-state index in [9.17, 15) is 4.79 Å². The van der Waals surface area contributed by atoms with Crippen LogP contribution in [0.25, 0.3) is 0 Å². The van der Waals surface area contributed by atoms with E-state index in [2.05, 4.69) is 34.9 Å². The van der Waals surface area contributed by atoms with Crippen LogP contribution in [0, 0.1) is 0 Å². The summed E-state index contributed by atoms with van der Waals surface area (Å²) in [5.41, 5.74) is 2.87. The molecule has 0 atom stereocenters. The summed E-state index contributed by atoms with van der Waals surface area (Å²) in [6.45, 7) is 3.32. The molecule has 3 aromatic rings. The molecule has 0 spiro atoms. The third-order valence-electron chi connectivity index (χ3n) is 4.44. The smallest absolute Gasteiger partial charge is 0.243 e. The largest absolute Gasteiger partial charge is 0.494 e. The average molecular weight is 405 g/mol. The summed E-state index contributed by atoms with van der Waals surface area (Å²) in [6.07, 6.45) is 1.94. The summed E-state index contributed by atoms with van der Waals surface area (Å²) in [5, 5.41) is 6.01. The van der Waals surface area contributed by atoms with Crippen LogP contribution in [0.15, 0.2) is 78.9 Å². The monoisotopic (exact) mass is 404 g/mol. The predicted octanol–water partition coefficient (Wildman–Crippen LogP) is 5.15. The van der Waals surface area contributed by atoms with E-state index in [0.29, 0.717) is 18.9 Å². The molecule has 0 aromatic heterocycles. The maximum atomic E-state index is 12.2. The molecule has 30 heavy (non-hydrogen) atoms. The minimum atomic E-state index is -0.127. The van der Waals surface area contributed by atoms with E-state index in [1.54, 1.807) is 0 Å². The van der Waals surface area contributed by atoms with Crippen molar-refractivity contribution in [1.82, 2.24) is 0 Å². The molecule has 3 aromatic carbocycles. The van der Waals surface area contributed by atoms with Crippen molar-refractivity contribution in [3.8, 4) is 11.5 Å². The van der Waals surface area contributed by atoms with Crippen molar-refractivity contribution in [2.24, 2.45) is 0 Å². The first kappa shape index (κ1) is 21.2. The molecule has 0 radical (unpaired) electrons. The van der Waals surface area contributed by atoms with Gasteiger partial charge in [-0.1, -0.05) is 42.5 Å². The predicted molar refractivity (Wildman–Crippen MR) is 121 cm³/mol. The lowest BCUT2D eigenvalue weighted by Gasteiger charge is -2.11. The van der Waals surface area contributed by atoms with Gasteiger partial charge in [0, 0.05) is 23.5 Å². The molecular formula is C25H28N2O3. The van der Waals surface area contributed by atoms with Gasteiger partial charge < -0.3 is 20.1 Å².